The number of nitrogens with one attached hydrogen (secondary N) is 2. The summed E-state index contributed by atoms with van der Waals surface area (Å²) in [7, 11) is -3.17. The highest BCUT2D eigenvalue weighted by Gasteiger charge is 2.09. The van der Waals surface area contributed by atoms with Gasteiger partial charge in [0.2, 0.25) is 10.0 Å². The highest BCUT2D eigenvalue weighted by Crippen LogP contribution is 2.19. The van der Waals surface area contributed by atoms with E-state index in [1.807, 2.05) is 0 Å². The van der Waals surface area contributed by atoms with E-state index >= 15 is 0 Å². The molecule has 0 aliphatic heterocycles. The number of halogens is 1. The van der Waals surface area contributed by atoms with Gasteiger partial charge in [0.05, 0.1) is 11.8 Å². The predicted molar refractivity (Wildman–Crippen MR) is 81.2 cm³/mol. The van der Waals surface area contributed by atoms with Crippen molar-refractivity contribution >= 4 is 44.5 Å². The van der Waals surface area contributed by atoms with Crippen molar-refractivity contribution in [1.82, 2.24) is 10.0 Å². The molecule has 5 nitrogen and oxygen atoms in total. The van der Waals surface area contributed by atoms with Gasteiger partial charge in [0.15, 0.2) is 0 Å². The lowest BCUT2D eigenvalue weighted by Crippen LogP contribution is -2.29. The molecule has 106 valence electrons. The number of rotatable bonds is 6. The third kappa shape index (κ3) is 6.42. The van der Waals surface area contributed by atoms with Gasteiger partial charge in [-0.25, -0.2) is 13.1 Å². The van der Waals surface area contributed by atoms with Gasteiger partial charge in [-0.05, 0) is 40.5 Å². The van der Waals surface area contributed by atoms with E-state index in [-0.39, 0.29) is 5.91 Å². The lowest BCUT2D eigenvalue weighted by Gasteiger charge is -2.07. The molecule has 0 saturated carbocycles. The minimum absolute atomic E-state index is 0.220. The molecule has 8 heteroatoms. The number of sulfonamides is 1. The molecular weight excluding hydrogens is 352 g/mol. The van der Waals surface area contributed by atoms with E-state index in [4.69, 9.17) is 0 Å². The Bertz CT molecular complexity index is 561. The lowest BCUT2D eigenvalue weighted by molar-refractivity contribution is 0.0952. The van der Waals surface area contributed by atoms with E-state index in [0.717, 1.165) is 6.26 Å². The molecule has 1 aromatic carbocycles. The summed E-state index contributed by atoms with van der Waals surface area (Å²) in [6, 6.07) is 5.19. The second-order valence-corrected chi connectivity index (χ2v) is 7.14. The second kappa shape index (κ2) is 7.28. The first-order valence-electron chi connectivity index (χ1n) is 5.51. The largest absolute Gasteiger partial charge is 0.352 e. The van der Waals surface area contributed by atoms with Crippen molar-refractivity contribution in [3.63, 3.8) is 0 Å². The van der Waals surface area contributed by atoms with Gasteiger partial charge < -0.3 is 5.32 Å². The Morgan fingerprint density at radius 1 is 1.37 bits per heavy atom. The van der Waals surface area contributed by atoms with Crippen LogP contribution in [0.1, 0.15) is 16.8 Å². The average Bonchev–Trinajstić information content (AvgIpc) is 2.30. The molecule has 0 aromatic heterocycles. The summed E-state index contributed by atoms with van der Waals surface area (Å²) in [6.45, 7) is 0.692. The Balaban J connectivity index is 2.42. The van der Waals surface area contributed by atoms with Crippen LogP contribution in [0.3, 0.4) is 0 Å². The van der Waals surface area contributed by atoms with Crippen LogP contribution in [0.5, 0.6) is 0 Å². The standard InChI is InChI=1S/C11H15BrN2O3S2/c1-19(16,17)14-6-2-5-13-11(15)9-7-8(18)3-4-10(9)12/h3-4,7,14,18H,2,5-6H2,1H3,(H,13,15). The van der Waals surface area contributed by atoms with Gasteiger partial charge in [0.1, 0.15) is 0 Å². The van der Waals surface area contributed by atoms with E-state index in [2.05, 4.69) is 38.6 Å². The van der Waals surface area contributed by atoms with Crippen LogP contribution in [0.15, 0.2) is 27.6 Å². The molecule has 1 amide bonds. The smallest absolute Gasteiger partial charge is 0.252 e. The van der Waals surface area contributed by atoms with Crippen molar-refractivity contribution in [2.45, 2.75) is 11.3 Å². The third-order valence-electron chi connectivity index (χ3n) is 2.20. The molecule has 0 fully saturated rings. The highest BCUT2D eigenvalue weighted by molar-refractivity contribution is 9.10. The van der Waals surface area contributed by atoms with Crippen molar-refractivity contribution in [2.75, 3.05) is 19.3 Å². The molecule has 0 spiro atoms. The van der Waals surface area contributed by atoms with Crippen molar-refractivity contribution < 1.29 is 13.2 Å². The summed E-state index contributed by atoms with van der Waals surface area (Å²) in [4.78, 5) is 12.6. The maximum atomic E-state index is 11.9. The first-order valence-corrected chi connectivity index (χ1v) is 8.64. The SMILES string of the molecule is CS(=O)(=O)NCCCNC(=O)c1cc(S)ccc1Br. The number of carbonyl (C=O) groups is 1. The summed E-state index contributed by atoms with van der Waals surface area (Å²) >= 11 is 7.47. The zero-order chi connectivity index (χ0) is 14.5. The molecule has 0 saturated heterocycles. The topological polar surface area (TPSA) is 75.3 Å². The van der Waals surface area contributed by atoms with Crippen LogP contribution in [0.25, 0.3) is 0 Å². The molecule has 1 rings (SSSR count). The quantitative estimate of drug-likeness (QED) is 0.526. The van der Waals surface area contributed by atoms with Crippen LogP contribution < -0.4 is 10.0 Å². The van der Waals surface area contributed by atoms with E-state index in [1.165, 1.54) is 0 Å². The minimum Gasteiger partial charge on any atom is -0.352 e. The van der Waals surface area contributed by atoms with E-state index in [9.17, 15) is 13.2 Å². The Hall–Kier alpha value is -0.570. The van der Waals surface area contributed by atoms with Gasteiger partial charge in [-0.1, -0.05) is 0 Å². The predicted octanol–water partition coefficient (Wildman–Crippen LogP) is 1.41. The van der Waals surface area contributed by atoms with Crippen molar-refractivity contribution in [2.24, 2.45) is 0 Å². The average molecular weight is 367 g/mol. The molecule has 19 heavy (non-hydrogen) atoms. The number of hydrogen-bond acceptors (Lipinski definition) is 4. The van der Waals surface area contributed by atoms with Crippen molar-refractivity contribution in [1.29, 1.82) is 0 Å². The van der Waals surface area contributed by atoms with Gasteiger partial charge in [-0.2, -0.15) is 0 Å². The zero-order valence-corrected chi connectivity index (χ0v) is 13.6. The Labute approximate surface area is 126 Å². The molecule has 1 aromatic rings. The summed E-state index contributed by atoms with van der Waals surface area (Å²) in [5, 5.41) is 2.72. The Morgan fingerprint density at radius 3 is 2.68 bits per heavy atom. The molecule has 0 unspecified atom stereocenters. The fourth-order valence-corrected chi connectivity index (χ4v) is 2.48. The number of thiol groups is 1. The first kappa shape index (κ1) is 16.5. The molecule has 2 N–H and O–H groups in total. The maximum absolute atomic E-state index is 11.9. The monoisotopic (exact) mass is 366 g/mol. The molecular formula is C11H15BrN2O3S2. The maximum Gasteiger partial charge on any atom is 0.252 e. The highest BCUT2D eigenvalue weighted by atomic mass is 79.9. The van der Waals surface area contributed by atoms with E-state index in [0.29, 0.717) is 34.4 Å². The van der Waals surface area contributed by atoms with Crippen LogP contribution in [0, 0.1) is 0 Å². The second-order valence-electron chi connectivity index (χ2n) is 3.94. The van der Waals surface area contributed by atoms with Gasteiger partial charge >= 0.3 is 0 Å². The fourth-order valence-electron chi connectivity index (χ4n) is 1.33. The molecule has 0 radical (unpaired) electrons. The van der Waals surface area contributed by atoms with Crippen LogP contribution in [-0.4, -0.2) is 33.7 Å². The number of benzene rings is 1. The molecule has 0 aliphatic carbocycles. The van der Waals surface area contributed by atoms with Crippen molar-refractivity contribution in [3.05, 3.63) is 28.2 Å². The van der Waals surface area contributed by atoms with Gasteiger partial charge in [0, 0.05) is 22.5 Å². The first-order chi connectivity index (χ1) is 8.79. The van der Waals surface area contributed by atoms with Crippen LogP contribution >= 0.6 is 28.6 Å². The number of carbonyl (C=O) groups excluding carboxylic acids is 1. The Kier molecular flexibility index (Phi) is 6.31. The number of amides is 1. The summed E-state index contributed by atoms with van der Waals surface area (Å²) < 4.78 is 24.7. The summed E-state index contributed by atoms with van der Waals surface area (Å²) in [5.41, 5.74) is 0.503. The van der Waals surface area contributed by atoms with Crippen molar-refractivity contribution in [3.8, 4) is 0 Å². The third-order valence-corrected chi connectivity index (χ3v) is 3.90. The summed E-state index contributed by atoms with van der Waals surface area (Å²) in [6.07, 6.45) is 1.62. The van der Waals surface area contributed by atoms with E-state index in [1.54, 1.807) is 18.2 Å². The van der Waals surface area contributed by atoms with Gasteiger partial charge in [-0.3, -0.25) is 4.79 Å². The molecule has 0 heterocycles. The zero-order valence-electron chi connectivity index (χ0n) is 10.3. The molecule has 0 bridgehead atoms. The normalized spacial score (nSPS) is 11.3. The minimum atomic E-state index is -3.17. The van der Waals surface area contributed by atoms with Gasteiger partial charge in [0.25, 0.3) is 5.91 Å². The van der Waals surface area contributed by atoms with E-state index < -0.39 is 10.0 Å². The number of hydrogen-bond donors (Lipinski definition) is 3. The summed E-state index contributed by atoms with van der Waals surface area (Å²) in [5.74, 6) is -0.220. The van der Waals surface area contributed by atoms with Crippen LogP contribution in [-0.2, 0) is 10.0 Å². The van der Waals surface area contributed by atoms with Crippen LogP contribution in [0.4, 0.5) is 0 Å². The Morgan fingerprint density at radius 2 is 2.05 bits per heavy atom. The fraction of sp³-hybridized carbons (Fsp3) is 0.364. The van der Waals surface area contributed by atoms with Crippen LogP contribution in [0.2, 0.25) is 0 Å². The molecule has 0 aliphatic rings. The van der Waals surface area contributed by atoms with Gasteiger partial charge in [-0.15, -0.1) is 12.6 Å². The lowest BCUT2D eigenvalue weighted by atomic mass is 10.2. The molecule has 0 atom stereocenters.